The van der Waals surface area contributed by atoms with Crippen LogP contribution in [0.1, 0.15) is 22.6 Å². The third-order valence-electron chi connectivity index (χ3n) is 4.01. The van der Waals surface area contributed by atoms with Gasteiger partial charge in [-0.15, -0.1) is 0 Å². The molecule has 1 aliphatic rings. The predicted octanol–water partition coefficient (Wildman–Crippen LogP) is 2.59. The number of rotatable bonds is 3. The van der Waals surface area contributed by atoms with Crippen molar-refractivity contribution in [2.75, 3.05) is 11.1 Å². The van der Waals surface area contributed by atoms with Gasteiger partial charge >= 0.3 is 0 Å². The molecule has 4 rings (SSSR count). The van der Waals surface area contributed by atoms with Gasteiger partial charge in [0, 0.05) is 42.6 Å². The summed E-state index contributed by atoms with van der Waals surface area (Å²) >= 11 is 0. The first-order valence-electron chi connectivity index (χ1n) is 7.92. The van der Waals surface area contributed by atoms with Crippen molar-refractivity contribution in [1.29, 1.82) is 0 Å². The first-order chi connectivity index (χ1) is 12.2. The number of fused-ring (bicyclic) bond motifs is 1. The van der Waals surface area contributed by atoms with Crippen molar-refractivity contribution in [3.63, 3.8) is 0 Å². The zero-order valence-corrected chi connectivity index (χ0v) is 13.4. The summed E-state index contributed by atoms with van der Waals surface area (Å²) in [4.78, 5) is 25.2. The van der Waals surface area contributed by atoms with Gasteiger partial charge in [0.25, 0.3) is 5.91 Å². The minimum Gasteiger partial charge on any atom is -0.383 e. The van der Waals surface area contributed by atoms with E-state index in [1.54, 1.807) is 36.8 Å². The maximum absolute atomic E-state index is 12.5. The van der Waals surface area contributed by atoms with E-state index >= 15 is 0 Å². The van der Waals surface area contributed by atoms with Crippen molar-refractivity contribution < 1.29 is 4.79 Å². The molecule has 1 amide bonds. The molecule has 4 heterocycles. The molecule has 0 spiro atoms. The van der Waals surface area contributed by atoms with Crippen molar-refractivity contribution in [2.45, 2.75) is 13.0 Å². The highest BCUT2D eigenvalue weighted by atomic mass is 16.1. The number of nitrogens with two attached hydrogens (primary N) is 1. The second-order valence-electron chi connectivity index (χ2n) is 5.72. The number of hydrogen-bond donors (Lipinski definition) is 2. The molecular weight excluding hydrogens is 316 g/mol. The first kappa shape index (κ1) is 15.1. The molecule has 25 heavy (non-hydrogen) atoms. The number of anilines is 2. The molecule has 0 saturated carbocycles. The van der Waals surface area contributed by atoms with E-state index in [2.05, 4.69) is 30.9 Å². The Bertz CT molecular complexity index is 961. The van der Waals surface area contributed by atoms with Crippen molar-refractivity contribution >= 4 is 23.5 Å². The second-order valence-corrected chi connectivity index (χ2v) is 5.72. The monoisotopic (exact) mass is 332 g/mol. The summed E-state index contributed by atoms with van der Waals surface area (Å²) in [6.45, 7) is 0.899. The fourth-order valence-electron chi connectivity index (χ4n) is 2.71. The molecule has 3 aromatic rings. The zero-order valence-electron chi connectivity index (χ0n) is 13.4. The number of pyridine rings is 2. The lowest BCUT2D eigenvalue weighted by molar-refractivity contribution is 0.102. The van der Waals surface area contributed by atoms with Crippen LogP contribution in [0.2, 0.25) is 0 Å². The van der Waals surface area contributed by atoms with Crippen LogP contribution >= 0.6 is 0 Å². The molecule has 0 atom stereocenters. The van der Waals surface area contributed by atoms with E-state index in [-0.39, 0.29) is 11.7 Å². The predicted molar refractivity (Wildman–Crippen MR) is 95.7 cm³/mol. The third kappa shape index (κ3) is 2.99. The van der Waals surface area contributed by atoms with Gasteiger partial charge in [-0.2, -0.15) is 0 Å². The normalized spacial score (nSPS) is 12.6. The molecule has 0 radical (unpaired) electrons. The van der Waals surface area contributed by atoms with Crippen LogP contribution in [0, 0.1) is 0 Å². The number of aryl methyl sites for hydroxylation is 1. The van der Waals surface area contributed by atoms with Crippen molar-refractivity contribution in [3.05, 3.63) is 60.5 Å². The van der Waals surface area contributed by atoms with Crippen molar-refractivity contribution in [2.24, 2.45) is 0 Å². The van der Waals surface area contributed by atoms with Gasteiger partial charge in [0.2, 0.25) is 0 Å². The standard InChI is InChI=1S/C18H16N6O/c19-17-14(18(25)22-13-4-6-20-7-5-13)9-12(10-21-17)15-11-24-8-2-1-3-16(24)23-15/h1,3-7,9-11H,2,8H2,(H2,19,21)(H,20,22,25). The molecule has 0 fully saturated rings. The summed E-state index contributed by atoms with van der Waals surface area (Å²) in [6.07, 6.45) is 11.9. The molecular formula is C18H16N6O. The number of carbonyl (C=O) groups is 1. The van der Waals surface area contributed by atoms with Crippen LogP contribution in [0.4, 0.5) is 11.5 Å². The SMILES string of the molecule is Nc1ncc(-c2cn3c(n2)C=CCC3)cc1C(=O)Nc1ccncc1. The van der Waals surface area contributed by atoms with E-state index in [1.807, 2.05) is 12.3 Å². The van der Waals surface area contributed by atoms with Gasteiger partial charge < -0.3 is 15.6 Å². The molecule has 0 aliphatic carbocycles. The summed E-state index contributed by atoms with van der Waals surface area (Å²) < 4.78 is 2.09. The highest BCUT2D eigenvalue weighted by molar-refractivity contribution is 6.07. The van der Waals surface area contributed by atoms with E-state index < -0.39 is 0 Å². The highest BCUT2D eigenvalue weighted by Crippen LogP contribution is 2.24. The largest absolute Gasteiger partial charge is 0.383 e. The number of nitrogens with zero attached hydrogens (tertiary/aromatic N) is 4. The Hall–Kier alpha value is -3.48. The molecule has 3 aromatic heterocycles. The average molecular weight is 332 g/mol. The van der Waals surface area contributed by atoms with E-state index in [0.29, 0.717) is 11.3 Å². The van der Waals surface area contributed by atoms with Gasteiger partial charge in [-0.25, -0.2) is 9.97 Å². The number of imidazole rings is 1. The van der Waals surface area contributed by atoms with Crippen LogP contribution in [0.25, 0.3) is 17.3 Å². The molecule has 7 nitrogen and oxygen atoms in total. The Balaban J connectivity index is 1.65. The Morgan fingerprint density at radius 2 is 2.12 bits per heavy atom. The Labute approximate surface area is 144 Å². The molecule has 0 unspecified atom stereocenters. The molecule has 0 saturated heterocycles. The lowest BCUT2D eigenvalue weighted by Gasteiger charge is -2.08. The number of hydrogen-bond acceptors (Lipinski definition) is 5. The van der Waals surface area contributed by atoms with E-state index in [9.17, 15) is 4.79 Å². The van der Waals surface area contributed by atoms with Gasteiger partial charge in [-0.1, -0.05) is 6.08 Å². The van der Waals surface area contributed by atoms with Gasteiger partial charge in [0.1, 0.15) is 11.6 Å². The number of allylic oxidation sites excluding steroid dienone is 1. The van der Waals surface area contributed by atoms with Crippen LogP contribution in [0.3, 0.4) is 0 Å². The van der Waals surface area contributed by atoms with Crippen molar-refractivity contribution in [3.8, 4) is 11.3 Å². The quantitative estimate of drug-likeness (QED) is 0.768. The van der Waals surface area contributed by atoms with Crippen LogP contribution in [-0.2, 0) is 6.54 Å². The maximum Gasteiger partial charge on any atom is 0.259 e. The van der Waals surface area contributed by atoms with Crippen molar-refractivity contribution in [1.82, 2.24) is 19.5 Å². The smallest absolute Gasteiger partial charge is 0.259 e. The van der Waals surface area contributed by atoms with E-state index in [0.717, 1.165) is 30.0 Å². The average Bonchev–Trinajstić information content (AvgIpc) is 3.07. The van der Waals surface area contributed by atoms with Crippen LogP contribution < -0.4 is 11.1 Å². The minimum atomic E-state index is -0.318. The third-order valence-corrected chi connectivity index (χ3v) is 4.01. The Morgan fingerprint density at radius 1 is 1.28 bits per heavy atom. The summed E-state index contributed by atoms with van der Waals surface area (Å²) in [6, 6.07) is 5.14. The van der Waals surface area contributed by atoms with Crippen LogP contribution in [0.5, 0.6) is 0 Å². The Kier molecular flexibility index (Phi) is 3.74. The highest BCUT2D eigenvalue weighted by Gasteiger charge is 2.15. The summed E-state index contributed by atoms with van der Waals surface area (Å²) in [5.41, 5.74) is 8.38. The van der Waals surface area contributed by atoms with Gasteiger partial charge in [-0.3, -0.25) is 9.78 Å². The van der Waals surface area contributed by atoms with Gasteiger partial charge in [0.05, 0.1) is 11.3 Å². The minimum absolute atomic E-state index is 0.180. The zero-order chi connectivity index (χ0) is 17.2. The number of nitrogen functional groups attached to an aromatic ring is 1. The summed E-state index contributed by atoms with van der Waals surface area (Å²) in [7, 11) is 0. The van der Waals surface area contributed by atoms with E-state index in [1.165, 1.54) is 0 Å². The molecule has 3 N–H and O–H groups in total. The number of amides is 1. The molecule has 0 aromatic carbocycles. The van der Waals surface area contributed by atoms with Gasteiger partial charge in [-0.05, 0) is 30.7 Å². The lowest BCUT2D eigenvalue weighted by Crippen LogP contribution is -2.15. The second kappa shape index (κ2) is 6.20. The fourth-order valence-corrected chi connectivity index (χ4v) is 2.71. The summed E-state index contributed by atoms with van der Waals surface area (Å²) in [5, 5.41) is 2.79. The fraction of sp³-hybridized carbons (Fsp3) is 0.111. The molecule has 1 aliphatic heterocycles. The van der Waals surface area contributed by atoms with Gasteiger partial charge in [0.15, 0.2) is 0 Å². The van der Waals surface area contributed by atoms with E-state index in [4.69, 9.17) is 5.73 Å². The molecule has 0 bridgehead atoms. The topological polar surface area (TPSA) is 98.7 Å². The maximum atomic E-state index is 12.5. The number of carbonyl (C=O) groups excluding carboxylic acids is 1. The van der Waals surface area contributed by atoms with Crippen LogP contribution in [-0.4, -0.2) is 25.4 Å². The number of aromatic nitrogens is 4. The van der Waals surface area contributed by atoms with Crippen LogP contribution in [0.15, 0.2) is 49.1 Å². The Morgan fingerprint density at radius 3 is 2.92 bits per heavy atom. The summed E-state index contributed by atoms with van der Waals surface area (Å²) in [5.74, 6) is 0.766. The molecule has 124 valence electrons. The molecule has 7 heteroatoms. The first-order valence-corrected chi connectivity index (χ1v) is 7.92. The lowest BCUT2D eigenvalue weighted by atomic mass is 10.1. The number of nitrogens with one attached hydrogen (secondary N) is 1.